The van der Waals surface area contributed by atoms with Crippen molar-refractivity contribution in [2.24, 2.45) is 0 Å². The molecule has 0 bridgehead atoms. The van der Waals surface area contributed by atoms with E-state index < -0.39 is 0 Å². The Morgan fingerprint density at radius 3 is 2.85 bits per heavy atom. The molecule has 0 aromatic heterocycles. The topological polar surface area (TPSA) is 32.3 Å². The summed E-state index contributed by atoms with van der Waals surface area (Å²) in [6.07, 6.45) is 4.64. The molecule has 1 atom stereocenters. The molecule has 1 heterocycles. The van der Waals surface area contributed by atoms with Gasteiger partial charge in [0.1, 0.15) is 0 Å². The molecule has 1 aromatic rings. The van der Waals surface area contributed by atoms with Gasteiger partial charge < -0.3 is 4.90 Å². The van der Waals surface area contributed by atoms with Gasteiger partial charge in [0, 0.05) is 18.2 Å². The van der Waals surface area contributed by atoms with Crippen molar-refractivity contribution < 1.29 is 4.79 Å². The lowest BCUT2D eigenvalue weighted by Gasteiger charge is -2.37. The second-order valence-electron chi connectivity index (χ2n) is 5.33. The minimum absolute atomic E-state index is 0.103. The molecule has 1 saturated heterocycles. The first-order chi connectivity index (χ1) is 9.63. The van der Waals surface area contributed by atoms with Crippen molar-refractivity contribution in [2.75, 3.05) is 6.54 Å². The molecule has 4 heteroatoms. The van der Waals surface area contributed by atoms with Crippen LogP contribution < -0.4 is 5.32 Å². The van der Waals surface area contributed by atoms with Crippen LogP contribution >= 0.6 is 12.2 Å². The van der Waals surface area contributed by atoms with E-state index in [0.29, 0.717) is 16.7 Å². The summed E-state index contributed by atoms with van der Waals surface area (Å²) in [5, 5.41) is 3.46. The molecule has 1 unspecified atom stereocenters. The van der Waals surface area contributed by atoms with E-state index in [1.807, 2.05) is 31.2 Å². The van der Waals surface area contributed by atoms with Crippen LogP contribution in [0.3, 0.4) is 0 Å². The average Bonchev–Trinajstić information content (AvgIpc) is 2.47. The van der Waals surface area contributed by atoms with Crippen LogP contribution in [0.25, 0.3) is 0 Å². The van der Waals surface area contributed by atoms with Crippen LogP contribution in [0.4, 0.5) is 0 Å². The van der Waals surface area contributed by atoms with Gasteiger partial charge in [-0.05, 0) is 56.5 Å². The molecule has 2 rings (SSSR count). The van der Waals surface area contributed by atoms with E-state index in [-0.39, 0.29) is 5.91 Å². The summed E-state index contributed by atoms with van der Waals surface area (Å²) in [7, 11) is 0. The number of likely N-dealkylation sites (tertiary alicyclic amines) is 1. The monoisotopic (exact) mass is 290 g/mol. The number of amides is 1. The maximum Gasteiger partial charge on any atom is 0.257 e. The third kappa shape index (κ3) is 3.37. The molecule has 1 amide bonds. The Morgan fingerprint density at radius 2 is 2.15 bits per heavy atom. The van der Waals surface area contributed by atoms with Crippen molar-refractivity contribution in [3.63, 3.8) is 0 Å². The summed E-state index contributed by atoms with van der Waals surface area (Å²) in [5.41, 5.74) is 1.67. The number of carbonyl (C=O) groups is 1. The Morgan fingerprint density at radius 1 is 1.40 bits per heavy atom. The van der Waals surface area contributed by atoms with E-state index in [1.165, 1.54) is 6.42 Å². The van der Waals surface area contributed by atoms with Gasteiger partial charge in [-0.2, -0.15) is 0 Å². The second-order valence-corrected chi connectivity index (χ2v) is 5.71. The highest BCUT2D eigenvalue weighted by Gasteiger charge is 2.24. The van der Waals surface area contributed by atoms with Crippen LogP contribution in [0.5, 0.6) is 0 Å². The van der Waals surface area contributed by atoms with Gasteiger partial charge in [-0.15, -0.1) is 0 Å². The van der Waals surface area contributed by atoms with Crippen LogP contribution in [0.2, 0.25) is 0 Å². The number of piperidine rings is 1. The number of rotatable bonds is 2. The third-order valence-corrected chi connectivity index (χ3v) is 4.31. The maximum atomic E-state index is 12.3. The third-order valence-electron chi connectivity index (χ3n) is 3.97. The normalized spacial score (nSPS) is 18.7. The van der Waals surface area contributed by atoms with Crippen molar-refractivity contribution in [1.29, 1.82) is 0 Å². The van der Waals surface area contributed by atoms with Gasteiger partial charge in [0.2, 0.25) is 0 Å². The number of benzene rings is 1. The molecule has 20 heavy (non-hydrogen) atoms. The number of aryl methyl sites for hydroxylation is 1. The van der Waals surface area contributed by atoms with Crippen LogP contribution in [-0.4, -0.2) is 28.5 Å². The zero-order valence-electron chi connectivity index (χ0n) is 12.2. The number of nitrogens with one attached hydrogen (secondary N) is 1. The lowest BCUT2D eigenvalue weighted by molar-refractivity contribution is 0.0969. The highest BCUT2D eigenvalue weighted by molar-refractivity contribution is 7.80. The van der Waals surface area contributed by atoms with Crippen molar-refractivity contribution >= 4 is 23.2 Å². The van der Waals surface area contributed by atoms with Gasteiger partial charge in [0.05, 0.1) is 0 Å². The largest absolute Gasteiger partial charge is 0.346 e. The first kappa shape index (κ1) is 15.0. The van der Waals surface area contributed by atoms with Gasteiger partial charge in [-0.3, -0.25) is 10.1 Å². The zero-order chi connectivity index (χ0) is 14.5. The molecule has 1 aromatic carbocycles. The van der Waals surface area contributed by atoms with Gasteiger partial charge in [0.25, 0.3) is 5.91 Å². The second kappa shape index (κ2) is 6.84. The molecular formula is C16H22N2OS. The van der Waals surface area contributed by atoms with E-state index in [4.69, 9.17) is 12.2 Å². The van der Waals surface area contributed by atoms with E-state index in [2.05, 4.69) is 17.1 Å². The molecule has 0 aliphatic carbocycles. The Labute approximate surface area is 126 Å². The molecular weight excluding hydrogens is 268 g/mol. The highest BCUT2D eigenvalue weighted by atomic mass is 32.1. The fourth-order valence-electron chi connectivity index (χ4n) is 2.76. The lowest BCUT2D eigenvalue weighted by Crippen LogP contribution is -2.49. The average molecular weight is 290 g/mol. The first-order valence-corrected chi connectivity index (χ1v) is 7.72. The van der Waals surface area contributed by atoms with Gasteiger partial charge >= 0.3 is 0 Å². The molecule has 1 aliphatic heterocycles. The highest BCUT2D eigenvalue weighted by Crippen LogP contribution is 2.19. The maximum absolute atomic E-state index is 12.3. The minimum Gasteiger partial charge on any atom is -0.346 e. The number of hydrogen-bond acceptors (Lipinski definition) is 2. The number of carbonyl (C=O) groups excluding carboxylic acids is 1. The Bertz CT molecular complexity index is 501. The molecule has 0 spiro atoms. The Balaban J connectivity index is 2.04. The SMILES string of the molecule is CCC1CCCCN1C(=S)NC(=O)c1ccccc1C. The van der Waals surface area contributed by atoms with Crippen molar-refractivity contribution in [3.05, 3.63) is 35.4 Å². The fraction of sp³-hybridized carbons (Fsp3) is 0.500. The lowest BCUT2D eigenvalue weighted by atomic mass is 10.0. The quantitative estimate of drug-likeness (QED) is 0.848. The summed E-state index contributed by atoms with van der Waals surface area (Å²) in [5.74, 6) is -0.103. The molecule has 1 aliphatic rings. The summed E-state index contributed by atoms with van der Waals surface area (Å²) in [4.78, 5) is 14.5. The molecule has 0 radical (unpaired) electrons. The van der Waals surface area contributed by atoms with E-state index in [0.717, 1.165) is 31.4 Å². The summed E-state index contributed by atoms with van der Waals surface area (Å²) in [6.45, 7) is 5.06. The smallest absolute Gasteiger partial charge is 0.257 e. The van der Waals surface area contributed by atoms with Gasteiger partial charge in [-0.1, -0.05) is 25.1 Å². The molecule has 1 fully saturated rings. The van der Waals surface area contributed by atoms with Crippen LogP contribution in [-0.2, 0) is 0 Å². The van der Waals surface area contributed by atoms with E-state index in [9.17, 15) is 4.79 Å². The summed E-state index contributed by atoms with van der Waals surface area (Å²) >= 11 is 5.43. The predicted octanol–water partition coefficient (Wildman–Crippen LogP) is 3.27. The predicted molar refractivity (Wildman–Crippen MR) is 85.9 cm³/mol. The van der Waals surface area contributed by atoms with Crippen LogP contribution in [0.1, 0.15) is 48.5 Å². The van der Waals surface area contributed by atoms with E-state index >= 15 is 0 Å². The number of thiocarbonyl (C=S) groups is 1. The standard InChI is InChI=1S/C16H22N2OS/c1-3-13-9-6-7-11-18(13)16(20)17-15(19)14-10-5-4-8-12(14)2/h4-5,8,10,13H,3,6-7,9,11H2,1-2H3,(H,17,19,20). The Kier molecular flexibility index (Phi) is 5.12. The van der Waals surface area contributed by atoms with Crippen molar-refractivity contribution in [3.8, 4) is 0 Å². The van der Waals surface area contributed by atoms with Crippen LogP contribution in [0, 0.1) is 6.92 Å². The zero-order valence-corrected chi connectivity index (χ0v) is 13.0. The first-order valence-electron chi connectivity index (χ1n) is 7.31. The molecule has 1 N–H and O–H groups in total. The molecule has 108 valence electrons. The minimum atomic E-state index is -0.103. The summed E-state index contributed by atoms with van der Waals surface area (Å²) in [6, 6.07) is 8.05. The molecule has 0 saturated carbocycles. The Hall–Kier alpha value is -1.42. The van der Waals surface area contributed by atoms with Crippen molar-refractivity contribution in [1.82, 2.24) is 10.2 Å². The fourth-order valence-corrected chi connectivity index (χ4v) is 3.09. The summed E-state index contributed by atoms with van der Waals surface area (Å²) < 4.78 is 0. The van der Waals surface area contributed by atoms with Gasteiger partial charge in [0.15, 0.2) is 5.11 Å². The number of nitrogens with zero attached hydrogens (tertiary/aromatic N) is 1. The van der Waals surface area contributed by atoms with Gasteiger partial charge in [-0.25, -0.2) is 0 Å². The van der Waals surface area contributed by atoms with Crippen LogP contribution in [0.15, 0.2) is 24.3 Å². The number of hydrogen-bond donors (Lipinski definition) is 1. The van der Waals surface area contributed by atoms with Crippen molar-refractivity contribution in [2.45, 2.75) is 45.6 Å². The van der Waals surface area contributed by atoms with E-state index in [1.54, 1.807) is 0 Å². The molecule has 3 nitrogen and oxygen atoms in total.